The van der Waals surface area contributed by atoms with Gasteiger partial charge in [-0.1, -0.05) is 123 Å². The predicted molar refractivity (Wildman–Crippen MR) is 217 cm³/mol. The lowest BCUT2D eigenvalue weighted by atomic mass is 9.82. The minimum absolute atomic E-state index is 0.104. The molecule has 52 heavy (non-hydrogen) atoms. The summed E-state index contributed by atoms with van der Waals surface area (Å²) in [6.07, 6.45) is 3.70. The van der Waals surface area contributed by atoms with E-state index in [2.05, 4.69) is 164 Å². The number of pyridine rings is 1. The number of aromatic nitrogens is 3. The van der Waals surface area contributed by atoms with E-state index >= 15 is 0 Å². The van der Waals surface area contributed by atoms with Crippen molar-refractivity contribution in [3.8, 4) is 67.3 Å². The molecule has 0 N–H and O–H groups in total. The fourth-order valence-electron chi connectivity index (χ4n) is 7.85. The molecule has 1 aliphatic rings. The highest BCUT2D eigenvalue weighted by molar-refractivity contribution is 7.25. The van der Waals surface area contributed by atoms with E-state index < -0.39 is 0 Å². The van der Waals surface area contributed by atoms with E-state index in [-0.39, 0.29) is 5.41 Å². The third-order valence-electron chi connectivity index (χ3n) is 10.6. The van der Waals surface area contributed by atoms with Crippen molar-refractivity contribution in [2.75, 3.05) is 0 Å². The number of fused-ring (bicyclic) bond motifs is 6. The van der Waals surface area contributed by atoms with Gasteiger partial charge >= 0.3 is 0 Å². The summed E-state index contributed by atoms with van der Waals surface area (Å²) in [6.45, 7) is 4.64. The van der Waals surface area contributed by atoms with Crippen LogP contribution < -0.4 is 0 Å². The van der Waals surface area contributed by atoms with Crippen molar-refractivity contribution in [1.29, 1.82) is 0 Å². The quantitative estimate of drug-likeness (QED) is 0.181. The molecule has 0 bridgehead atoms. The predicted octanol–water partition coefficient (Wildman–Crippen LogP) is 12.9. The van der Waals surface area contributed by atoms with Gasteiger partial charge in [0.25, 0.3) is 0 Å². The average molecular weight is 684 g/mol. The number of benzene rings is 6. The maximum absolute atomic E-state index is 5.24. The van der Waals surface area contributed by atoms with Crippen molar-refractivity contribution >= 4 is 31.5 Å². The molecule has 3 nitrogen and oxygen atoms in total. The van der Waals surface area contributed by atoms with Crippen molar-refractivity contribution < 1.29 is 0 Å². The molecular formula is C48H33N3S. The SMILES string of the molecule is CC1(C)c2ccccc2-c2ccc(-c3cc(-c4ccc(-c5ccc6sc7ccccc7c6c5)cc4)nc(-c4cccc(-c5cccnc5)c4)n3)cc21. The molecule has 9 aromatic rings. The lowest BCUT2D eigenvalue weighted by Gasteiger charge is -2.22. The molecule has 10 rings (SSSR count). The molecule has 0 aliphatic heterocycles. The van der Waals surface area contributed by atoms with Crippen molar-refractivity contribution in [2.45, 2.75) is 19.3 Å². The third kappa shape index (κ3) is 5.06. The smallest absolute Gasteiger partial charge is 0.160 e. The molecule has 0 fully saturated rings. The van der Waals surface area contributed by atoms with Gasteiger partial charge in [-0.2, -0.15) is 0 Å². The highest BCUT2D eigenvalue weighted by atomic mass is 32.1. The van der Waals surface area contributed by atoms with Gasteiger partial charge in [0.2, 0.25) is 0 Å². The molecule has 0 amide bonds. The largest absolute Gasteiger partial charge is 0.264 e. The maximum Gasteiger partial charge on any atom is 0.160 e. The molecule has 1 aliphatic carbocycles. The van der Waals surface area contributed by atoms with Crippen LogP contribution in [0.25, 0.3) is 87.5 Å². The van der Waals surface area contributed by atoms with Gasteiger partial charge in [-0.25, -0.2) is 9.97 Å². The molecule has 3 heterocycles. The number of thiophene rings is 1. The van der Waals surface area contributed by atoms with Crippen LogP contribution in [0.1, 0.15) is 25.0 Å². The Morgan fingerprint density at radius 3 is 1.98 bits per heavy atom. The Kier molecular flexibility index (Phi) is 7.02. The Labute approximate surface area is 307 Å². The summed E-state index contributed by atoms with van der Waals surface area (Å²) in [5.74, 6) is 0.695. The van der Waals surface area contributed by atoms with E-state index in [4.69, 9.17) is 9.97 Å². The second kappa shape index (κ2) is 11.9. The number of hydrogen-bond acceptors (Lipinski definition) is 4. The molecular weight excluding hydrogens is 651 g/mol. The van der Waals surface area contributed by atoms with Crippen LogP contribution in [0.2, 0.25) is 0 Å². The first kappa shape index (κ1) is 30.6. The minimum atomic E-state index is -0.104. The van der Waals surface area contributed by atoms with E-state index in [0.717, 1.165) is 39.2 Å². The van der Waals surface area contributed by atoms with Crippen molar-refractivity contribution in [1.82, 2.24) is 15.0 Å². The molecule has 3 aromatic heterocycles. The summed E-state index contributed by atoms with van der Waals surface area (Å²) >= 11 is 1.85. The van der Waals surface area contributed by atoms with Crippen LogP contribution in [0.5, 0.6) is 0 Å². The highest BCUT2D eigenvalue weighted by Crippen LogP contribution is 2.49. The van der Waals surface area contributed by atoms with Gasteiger partial charge in [-0.15, -0.1) is 11.3 Å². The molecule has 246 valence electrons. The molecule has 0 saturated carbocycles. The van der Waals surface area contributed by atoms with E-state index in [9.17, 15) is 0 Å². The summed E-state index contributed by atoms with van der Waals surface area (Å²) in [7, 11) is 0. The molecule has 4 heteroatoms. The topological polar surface area (TPSA) is 38.7 Å². The maximum atomic E-state index is 5.24. The van der Waals surface area contributed by atoms with Crippen LogP contribution in [0.3, 0.4) is 0 Å². The first-order valence-electron chi connectivity index (χ1n) is 17.7. The second-order valence-electron chi connectivity index (χ2n) is 14.1. The second-order valence-corrected chi connectivity index (χ2v) is 15.2. The fourth-order valence-corrected chi connectivity index (χ4v) is 8.93. The zero-order valence-electron chi connectivity index (χ0n) is 28.8. The zero-order valence-corrected chi connectivity index (χ0v) is 29.7. The first-order chi connectivity index (χ1) is 25.5. The van der Waals surface area contributed by atoms with E-state index in [1.807, 2.05) is 23.6 Å². The number of nitrogens with zero attached hydrogens (tertiary/aromatic N) is 3. The van der Waals surface area contributed by atoms with Crippen LogP contribution in [0.4, 0.5) is 0 Å². The lowest BCUT2D eigenvalue weighted by molar-refractivity contribution is 0.660. The van der Waals surface area contributed by atoms with E-state index in [1.54, 1.807) is 6.20 Å². The summed E-state index contributed by atoms with van der Waals surface area (Å²) < 4.78 is 2.64. The molecule has 6 aromatic carbocycles. The monoisotopic (exact) mass is 683 g/mol. The Hall–Kier alpha value is -6.23. The van der Waals surface area contributed by atoms with Gasteiger partial charge in [0.15, 0.2) is 5.82 Å². The van der Waals surface area contributed by atoms with E-state index in [1.165, 1.54) is 53.6 Å². The zero-order chi connectivity index (χ0) is 34.8. The van der Waals surface area contributed by atoms with Gasteiger partial charge in [0.05, 0.1) is 11.4 Å². The van der Waals surface area contributed by atoms with Crippen LogP contribution in [-0.2, 0) is 5.41 Å². The van der Waals surface area contributed by atoms with Crippen molar-refractivity contribution in [2.24, 2.45) is 0 Å². The van der Waals surface area contributed by atoms with Gasteiger partial charge in [-0.3, -0.25) is 4.98 Å². The standard InChI is InChI=1S/C48H33N3S/c1-48(2)41-14-5-3-12-37(41)38-22-20-34(27-42(38)48)44-28-43(50-47(51-44)35-10-7-9-32(25-35)36-11-8-24-49-29-36)31-18-16-30(17-19-31)33-21-23-46-40(26-33)39-13-4-6-15-45(39)52-46/h3-29H,1-2H3. The van der Waals surface area contributed by atoms with Crippen LogP contribution in [0.15, 0.2) is 164 Å². The van der Waals surface area contributed by atoms with Gasteiger partial charge in [-0.05, 0) is 81.4 Å². The highest BCUT2D eigenvalue weighted by Gasteiger charge is 2.35. The number of hydrogen-bond donors (Lipinski definition) is 0. The van der Waals surface area contributed by atoms with Crippen molar-refractivity contribution in [3.05, 3.63) is 175 Å². The summed E-state index contributed by atoms with van der Waals surface area (Å²) in [5.41, 5.74) is 14.6. The Morgan fingerprint density at radius 1 is 0.442 bits per heavy atom. The van der Waals surface area contributed by atoms with Gasteiger partial charge < -0.3 is 0 Å². The summed E-state index contributed by atoms with van der Waals surface area (Å²) in [4.78, 5) is 14.8. The molecule has 0 unspecified atom stereocenters. The van der Waals surface area contributed by atoms with Crippen LogP contribution in [-0.4, -0.2) is 15.0 Å². The molecule has 0 radical (unpaired) electrons. The molecule has 0 saturated heterocycles. The fraction of sp³-hybridized carbons (Fsp3) is 0.0625. The average Bonchev–Trinajstić information content (AvgIpc) is 3.69. The van der Waals surface area contributed by atoms with Gasteiger partial charge in [0, 0.05) is 60.2 Å². The van der Waals surface area contributed by atoms with Gasteiger partial charge in [0.1, 0.15) is 0 Å². The summed E-state index contributed by atoms with van der Waals surface area (Å²) in [5, 5.41) is 2.62. The Morgan fingerprint density at radius 2 is 1.12 bits per heavy atom. The molecule has 0 atom stereocenters. The van der Waals surface area contributed by atoms with Crippen LogP contribution in [0, 0.1) is 0 Å². The van der Waals surface area contributed by atoms with Crippen molar-refractivity contribution in [3.63, 3.8) is 0 Å². The lowest BCUT2D eigenvalue weighted by Crippen LogP contribution is -2.14. The Balaban J connectivity index is 1.09. The van der Waals surface area contributed by atoms with E-state index in [0.29, 0.717) is 5.82 Å². The normalized spacial score (nSPS) is 13.0. The minimum Gasteiger partial charge on any atom is -0.264 e. The number of rotatable bonds is 5. The molecule has 0 spiro atoms. The van der Waals surface area contributed by atoms with Crippen LogP contribution >= 0.6 is 11.3 Å². The Bertz CT molecular complexity index is 2810. The third-order valence-corrected chi connectivity index (χ3v) is 11.8. The first-order valence-corrected chi connectivity index (χ1v) is 18.5. The summed E-state index contributed by atoms with van der Waals surface area (Å²) in [6, 6.07) is 54.5.